The number of rotatable bonds is 6. The molecule has 0 bridgehead atoms. The third kappa shape index (κ3) is 6.59. The first-order chi connectivity index (χ1) is 17.1. The molecule has 0 radical (unpaired) electrons. The highest BCUT2D eigenvalue weighted by Gasteiger charge is 2.35. The largest absolute Gasteiger partial charge is 0.444 e. The highest BCUT2D eigenvalue weighted by Crippen LogP contribution is 2.22. The van der Waals surface area contributed by atoms with Crippen LogP contribution in [0.25, 0.3) is 12.3 Å². The molecule has 4 rings (SSSR count). The maximum atomic E-state index is 13.0. The van der Waals surface area contributed by atoms with Gasteiger partial charge >= 0.3 is 6.09 Å². The number of amides is 2. The van der Waals surface area contributed by atoms with Crippen molar-refractivity contribution in [3.63, 3.8) is 0 Å². The third-order valence-corrected chi connectivity index (χ3v) is 7.23. The monoisotopic (exact) mass is 498 g/mol. The summed E-state index contributed by atoms with van der Waals surface area (Å²) in [5.74, 6) is 0.387. The highest BCUT2D eigenvalue weighted by atomic mass is 16.6. The molecule has 2 fully saturated rings. The van der Waals surface area contributed by atoms with Crippen molar-refractivity contribution in [2.45, 2.75) is 52.7 Å². The molecule has 1 aromatic carbocycles. The van der Waals surface area contributed by atoms with Crippen molar-refractivity contribution in [2.75, 3.05) is 59.0 Å². The summed E-state index contributed by atoms with van der Waals surface area (Å²) in [6.07, 6.45) is 5.21. The maximum Gasteiger partial charge on any atom is 0.410 e. The van der Waals surface area contributed by atoms with Crippen LogP contribution >= 0.6 is 0 Å². The lowest BCUT2D eigenvalue weighted by atomic mass is 9.99. The van der Waals surface area contributed by atoms with Crippen LogP contribution in [0.15, 0.2) is 12.1 Å². The fraction of sp³-hybridized carbons (Fsp3) is 0.643. The van der Waals surface area contributed by atoms with Crippen molar-refractivity contribution < 1.29 is 19.1 Å². The molecule has 3 aliphatic heterocycles. The molecule has 1 N–H and O–H groups in total. The number of fused-ring (bicyclic) bond motifs is 1. The third-order valence-electron chi connectivity index (χ3n) is 7.23. The second-order valence-electron chi connectivity index (χ2n) is 11.3. The first kappa shape index (κ1) is 26.5. The van der Waals surface area contributed by atoms with E-state index in [9.17, 15) is 9.59 Å². The van der Waals surface area contributed by atoms with Crippen molar-refractivity contribution in [2.24, 2.45) is 5.92 Å². The van der Waals surface area contributed by atoms with Gasteiger partial charge in [0.25, 0.3) is 5.91 Å². The second-order valence-corrected chi connectivity index (χ2v) is 11.3. The number of carbonyl (C=O) groups excluding carboxylic acids is 2. The SMILES string of the molecule is Cc1c(C(=O)NCCN2CCOCC2)ccc2c1=CN(CC1CN(C(=O)OC(C)(C)C)C1)C(C)CC=2. The molecule has 2 saturated heterocycles. The van der Waals surface area contributed by atoms with Crippen LogP contribution in [0, 0.1) is 12.8 Å². The minimum atomic E-state index is -0.473. The summed E-state index contributed by atoms with van der Waals surface area (Å²) in [5, 5.41) is 5.39. The number of nitrogens with one attached hydrogen (secondary N) is 1. The Kier molecular flexibility index (Phi) is 8.25. The lowest BCUT2D eigenvalue weighted by Crippen LogP contribution is -2.55. The zero-order valence-corrected chi connectivity index (χ0v) is 22.5. The van der Waals surface area contributed by atoms with Gasteiger partial charge in [0.1, 0.15) is 5.60 Å². The van der Waals surface area contributed by atoms with Gasteiger partial charge < -0.3 is 24.6 Å². The molecular weight excluding hydrogens is 456 g/mol. The van der Waals surface area contributed by atoms with E-state index in [2.05, 4.69) is 40.4 Å². The van der Waals surface area contributed by atoms with Crippen molar-refractivity contribution in [1.82, 2.24) is 20.0 Å². The maximum absolute atomic E-state index is 13.0. The van der Waals surface area contributed by atoms with E-state index in [1.165, 1.54) is 5.22 Å². The smallest absolute Gasteiger partial charge is 0.410 e. The van der Waals surface area contributed by atoms with Gasteiger partial charge in [-0.1, -0.05) is 12.1 Å². The Morgan fingerprint density at radius 1 is 1.17 bits per heavy atom. The van der Waals surface area contributed by atoms with E-state index in [1.807, 2.05) is 33.8 Å². The number of benzene rings is 1. The number of ether oxygens (including phenoxy) is 2. The van der Waals surface area contributed by atoms with Crippen LogP contribution in [0.3, 0.4) is 0 Å². The average molecular weight is 499 g/mol. The number of morpholine rings is 1. The fourth-order valence-electron chi connectivity index (χ4n) is 5.01. The van der Waals surface area contributed by atoms with Crippen LogP contribution in [0.1, 0.15) is 50.0 Å². The molecule has 0 aliphatic carbocycles. The summed E-state index contributed by atoms with van der Waals surface area (Å²) < 4.78 is 10.9. The van der Waals surface area contributed by atoms with Crippen LogP contribution in [0.5, 0.6) is 0 Å². The summed E-state index contributed by atoms with van der Waals surface area (Å²) in [4.78, 5) is 31.8. The molecule has 3 aliphatic rings. The van der Waals surface area contributed by atoms with E-state index in [1.54, 1.807) is 4.90 Å². The van der Waals surface area contributed by atoms with Gasteiger partial charge in [-0.25, -0.2) is 4.79 Å². The molecule has 8 nitrogen and oxygen atoms in total. The molecule has 8 heteroatoms. The first-order valence-corrected chi connectivity index (χ1v) is 13.2. The molecule has 0 saturated carbocycles. The number of hydrogen-bond donors (Lipinski definition) is 1. The van der Waals surface area contributed by atoms with Gasteiger partial charge in [0.2, 0.25) is 0 Å². The molecule has 198 valence electrons. The standard InChI is InChI=1S/C28H42N4O4/c1-20-6-7-23-8-9-24(26(33)29-10-11-30-12-14-35-15-13-30)21(2)25(23)19-31(20)16-22-17-32(18-22)27(34)36-28(3,4)5/h7-9,19-20,22H,6,10-18H2,1-5H3,(H,29,33). The Labute approximate surface area is 214 Å². The topological polar surface area (TPSA) is 74.4 Å². The van der Waals surface area contributed by atoms with E-state index in [0.717, 1.165) is 62.2 Å². The van der Waals surface area contributed by atoms with Gasteiger partial charge in [-0.3, -0.25) is 9.69 Å². The molecule has 0 aromatic heterocycles. The van der Waals surface area contributed by atoms with Crippen molar-refractivity contribution in [3.05, 3.63) is 33.7 Å². The molecule has 3 heterocycles. The van der Waals surface area contributed by atoms with Gasteiger partial charge in [-0.2, -0.15) is 0 Å². The quantitative estimate of drug-likeness (QED) is 0.642. The Morgan fingerprint density at radius 3 is 2.58 bits per heavy atom. The molecule has 1 aromatic rings. The van der Waals surface area contributed by atoms with Crippen LogP contribution < -0.4 is 15.8 Å². The first-order valence-electron chi connectivity index (χ1n) is 13.2. The normalized spacial score (nSPS) is 21.0. The second kappa shape index (κ2) is 11.2. The van der Waals surface area contributed by atoms with Gasteiger partial charge in [0.05, 0.1) is 13.2 Å². The van der Waals surface area contributed by atoms with Crippen LogP contribution in [-0.4, -0.2) is 97.4 Å². The van der Waals surface area contributed by atoms with E-state index in [-0.39, 0.29) is 12.0 Å². The van der Waals surface area contributed by atoms with Crippen LogP contribution in [0.4, 0.5) is 4.79 Å². The number of carbonyl (C=O) groups is 2. The zero-order chi connectivity index (χ0) is 25.9. The van der Waals surface area contributed by atoms with Crippen LogP contribution in [0.2, 0.25) is 0 Å². The van der Waals surface area contributed by atoms with Gasteiger partial charge in [0.15, 0.2) is 0 Å². The summed E-state index contributed by atoms with van der Waals surface area (Å²) in [6.45, 7) is 17.1. The lowest BCUT2D eigenvalue weighted by Gasteiger charge is -2.42. The van der Waals surface area contributed by atoms with E-state index in [0.29, 0.717) is 31.6 Å². The Bertz CT molecular complexity index is 1070. The van der Waals surface area contributed by atoms with Crippen molar-refractivity contribution in [3.8, 4) is 0 Å². The predicted molar refractivity (Wildman–Crippen MR) is 141 cm³/mol. The van der Waals surface area contributed by atoms with E-state index in [4.69, 9.17) is 9.47 Å². The average Bonchev–Trinajstić information content (AvgIpc) is 2.95. The Balaban J connectivity index is 1.40. The van der Waals surface area contributed by atoms with Crippen LogP contribution in [-0.2, 0) is 9.47 Å². The Morgan fingerprint density at radius 2 is 1.89 bits per heavy atom. The zero-order valence-electron chi connectivity index (χ0n) is 22.5. The molecule has 1 atom stereocenters. The molecule has 1 unspecified atom stereocenters. The van der Waals surface area contributed by atoms with Gasteiger partial charge in [-0.15, -0.1) is 0 Å². The van der Waals surface area contributed by atoms with Gasteiger partial charge in [-0.05, 0) is 57.9 Å². The highest BCUT2D eigenvalue weighted by molar-refractivity contribution is 5.95. The summed E-state index contributed by atoms with van der Waals surface area (Å²) in [5.41, 5.74) is 1.27. The van der Waals surface area contributed by atoms with E-state index < -0.39 is 5.60 Å². The number of hydrogen-bond acceptors (Lipinski definition) is 6. The summed E-state index contributed by atoms with van der Waals surface area (Å²) in [7, 11) is 0. The number of likely N-dealkylation sites (tertiary alicyclic amines) is 1. The lowest BCUT2D eigenvalue weighted by molar-refractivity contribution is -0.00468. The van der Waals surface area contributed by atoms with E-state index >= 15 is 0 Å². The summed E-state index contributed by atoms with van der Waals surface area (Å²) in [6, 6.07) is 4.37. The Hall–Kier alpha value is -2.58. The summed E-state index contributed by atoms with van der Waals surface area (Å²) >= 11 is 0. The molecule has 36 heavy (non-hydrogen) atoms. The van der Waals surface area contributed by atoms with Crippen molar-refractivity contribution >= 4 is 24.3 Å². The molecular formula is C28H42N4O4. The van der Waals surface area contributed by atoms with Gasteiger partial charge in [0, 0.05) is 74.8 Å². The molecule has 2 amide bonds. The minimum Gasteiger partial charge on any atom is -0.444 e. The fourth-order valence-corrected chi connectivity index (χ4v) is 5.01. The number of nitrogens with zero attached hydrogens (tertiary/aromatic N) is 3. The van der Waals surface area contributed by atoms with Crippen molar-refractivity contribution in [1.29, 1.82) is 0 Å². The minimum absolute atomic E-state index is 0.0206. The molecule has 0 spiro atoms. The predicted octanol–water partition coefficient (Wildman–Crippen LogP) is 1.54.